The summed E-state index contributed by atoms with van der Waals surface area (Å²) < 4.78 is 15.7. The second-order valence-corrected chi connectivity index (χ2v) is 7.70. The van der Waals surface area contributed by atoms with Crippen LogP contribution in [0.2, 0.25) is 0 Å². The van der Waals surface area contributed by atoms with Crippen molar-refractivity contribution in [3.05, 3.63) is 35.9 Å². The molecular weight excluding hydrogens is 430 g/mol. The van der Waals surface area contributed by atoms with Crippen molar-refractivity contribution in [3.8, 4) is 0 Å². The second-order valence-electron chi connectivity index (χ2n) is 7.70. The van der Waals surface area contributed by atoms with Crippen molar-refractivity contribution in [3.63, 3.8) is 0 Å². The lowest BCUT2D eigenvalue weighted by molar-refractivity contribution is -0.184. The Hall–Kier alpha value is -2.94. The zero-order valence-corrected chi connectivity index (χ0v) is 19.6. The van der Waals surface area contributed by atoms with E-state index in [0.717, 1.165) is 0 Å². The van der Waals surface area contributed by atoms with Gasteiger partial charge in [0.2, 0.25) is 11.0 Å². The van der Waals surface area contributed by atoms with Gasteiger partial charge in [-0.05, 0) is 24.8 Å². The van der Waals surface area contributed by atoms with Gasteiger partial charge in [0.1, 0.15) is 0 Å². The topological polar surface area (TPSA) is 142 Å². The second kappa shape index (κ2) is 13.6. The van der Waals surface area contributed by atoms with Crippen LogP contribution < -0.4 is 5.73 Å². The highest BCUT2D eigenvalue weighted by atomic mass is 16.6. The maximum absolute atomic E-state index is 13.5. The summed E-state index contributed by atoms with van der Waals surface area (Å²) in [4.78, 5) is 52.7. The standard InChI is InChI=1S/C24H35NO8/c1-4-7-15-31-20(28)23(18-13-11-10-12-14-18,21(29)32-16-8-5-2)24(25,19(26)27)22(30)33-17-9-6-3/h10-14H,4-9,15-17,25H2,1-3H3,(H,26,27)/t24-/m0/s1. The smallest absolute Gasteiger partial charge is 0.340 e. The number of carboxylic acid groups (broad SMARTS) is 1. The van der Waals surface area contributed by atoms with Crippen LogP contribution in [0.15, 0.2) is 30.3 Å². The molecule has 0 aliphatic heterocycles. The van der Waals surface area contributed by atoms with Crippen LogP contribution in [0.3, 0.4) is 0 Å². The van der Waals surface area contributed by atoms with Gasteiger partial charge in [0.25, 0.3) is 0 Å². The first-order chi connectivity index (χ1) is 15.7. The molecule has 0 unspecified atom stereocenters. The Morgan fingerprint density at radius 3 is 1.52 bits per heavy atom. The number of aliphatic carboxylic acids is 1. The van der Waals surface area contributed by atoms with Gasteiger partial charge < -0.3 is 25.1 Å². The summed E-state index contributed by atoms with van der Waals surface area (Å²) in [5, 5.41) is 10.2. The van der Waals surface area contributed by atoms with E-state index in [1.165, 1.54) is 24.3 Å². The molecule has 33 heavy (non-hydrogen) atoms. The molecule has 1 rings (SSSR count). The van der Waals surface area contributed by atoms with E-state index in [-0.39, 0.29) is 25.4 Å². The van der Waals surface area contributed by atoms with Gasteiger partial charge in [0.15, 0.2) is 0 Å². The Morgan fingerprint density at radius 1 is 0.758 bits per heavy atom. The highest BCUT2D eigenvalue weighted by molar-refractivity contribution is 6.21. The highest BCUT2D eigenvalue weighted by Gasteiger charge is 2.72. The van der Waals surface area contributed by atoms with Gasteiger partial charge in [-0.1, -0.05) is 70.4 Å². The van der Waals surface area contributed by atoms with Gasteiger partial charge in [0.05, 0.1) is 19.8 Å². The predicted octanol–water partition coefficient (Wildman–Crippen LogP) is 2.74. The van der Waals surface area contributed by atoms with Crippen LogP contribution in [0.4, 0.5) is 0 Å². The van der Waals surface area contributed by atoms with Crippen molar-refractivity contribution < 1.29 is 38.5 Å². The van der Waals surface area contributed by atoms with Crippen LogP contribution in [-0.4, -0.2) is 54.3 Å². The molecule has 9 nitrogen and oxygen atoms in total. The molecule has 0 spiro atoms. The fraction of sp³-hybridized carbons (Fsp3) is 0.583. The molecule has 0 saturated heterocycles. The van der Waals surface area contributed by atoms with E-state index >= 15 is 0 Å². The highest BCUT2D eigenvalue weighted by Crippen LogP contribution is 2.39. The normalized spacial score (nSPS) is 13.0. The van der Waals surface area contributed by atoms with Gasteiger partial charge in [-0.2, -0.15) is 0 Å². The monoisotopic (exact) mass is 465 g/mol. The van der Waals surface area contributed by atoms with Crippen molar-refractivity contribution in [2.75, 3.05) is 19.8 Å². The number of hydrogen-bond acceptors (Lipinski definition) is 8. The number of benzene rings is 1. The quantitative estimate of drug-likeness (QED) is 0.173. The molecule has 0 bridgehead atoms. The first-order valence-corrected chi connectivity index (χ1v) is 11.3. The van der Waals surface area contributed by atoms with E-state index in [1.54, 1.807) is 6.07 Å². The van der Waals surface area contributed by atoms with Gasteiger partial charge >= 0.3 is 23.9 Å². The number of esters is 3. The first kappa shape index (κ1) is 28.1. The van der Waals surface area contributed by atoms with Crippen molar-refractivity contribution in [2.24, 2.45) is 5.73 Å². The fourth-order valence-corrected chi connectivity index (χ4v) is 3.22. The van der Waals surface area contributed by atoms with Crippen molar-refractivity contribution in [2.45, 2.75) is 70.3 Å². The number of unbranched alkanes of at least 4 members (excludes halogenated alkanes) is 3. The molecule has 1 aromatic rings. The van der Waals surface area contributed by atoms with Crippen LogP contribution in [-0.2, 0) is 38.8 Å². The maximum atomic E-state index is 13.5. The van der Waals surface area contributed by atoms with E-state index in [9.17, 15) is 24.3 Å². The Kier molecular flexibility index (Phi) is 11.6. The summed E-state index contributed by atoms with van der Waals surface area (Å²) >= 11 is 0. The molecule has 0 radical (unpaired) electrons. The number of carboxylic acids is 1. The van der Waals surface area contributed by atoms with Crippen LogP contribution >= 0.6 is 0 Å². The van der Waals surface area contributed by atoms with E-state index in [4.69, 9.17) is 19.9 Å². The first-order valence-electron chi connectivity index (χ1n) is 11.3. The number of carbonyl (C=O) groups excluding carboxylic acids is 3. The minimum absolute atomic E-state index is 0.0905. The molecule has 184 valence electrons. The lowest BCUT2D eigenvalue weighted by Gasteiger charge is -2.39. The van der Waals surface area contributed by atoms with Crippen LogP contribution in [0, 0.1) is 0 Å². The molecule has 0 aliphatic rings. The summed E-state index contributed by atoms with van der Waals surface area (Å²) in [5.41, 5.74) is 0.134. The van der Waals surface area contributed by atoms with E-state index in [1.807, 2.05) is 20.8 Å². The number of rotatable bonds is 15. The minimum Gasteiger partial charge on any atom is -0.479 e. The summed E-state index contributed by atoms with van der Waals surface area (Å²) in [6, 6.07) is 7.27. The Labute approximate surface area is 194 Å². The number of hydrogen-bond donors (Lipinski definition) is 2. The third-order valence-electron chi connectivity index (χ3n) is 5.26. The van der Waals surface area contributed by atoms with Crippen LogP contribution in [0.25, 0.3) is 0 Å². The molecule has 0 saturated carbocycles. The molecule has 0 amide bonds. The summed E-state index contributed by atoms with van der Waals surface area (Å²) in [5.74, 6) is -5.89. The van der Waals surface area contributed by atoms with Crippen molar-refractivity contribution in [1.82, 2.24) is 0 Å². The zero-order chi connectivity index (χ0) is 24.9. The third-order valence-corrected chi connectivity index (χ3v) is 5.26. The van der Waals surface area contributed by atoms with Crippen molar-refractivity contribution >= 4 is 23.9 Å². The molecule has 3 N–H and O–H groups in total. The van der Waals surface area contributed by atoms with Gasteiger partial charge in [0, 0.05) is 0 Å². The predicted molar refractivity (Wildman–Crippen MR) is 120 cm³/mol. The largest absolute Gasteiger partial charge is 0.479 e. The van der Waals surface area contributed by atoms with Crippen molar-refractivity contribution in [1.29, 1.82) is 0 Å². The molecule has 0 aromatic heterocycles. The lowest BCUT2D eigenvalue weighted by Crippen LogP contribution is -2.75. The average Bonchev–Trinajstić information content (AvgIpc) is 2.80. The average molecular weight is 466 g/mol. The molecular formula is C24H35NO8. The molecule has 0 fully saturated rings. The van der Waals surface area contributed by atoms with E-state index in [0.29, 0.717) is 38.5 Å². The fourth-order valence-electron chi connectivity index (χ4n) is 3.22. The third kappa shape index (κ3) is 6.10. The summed E-state index contributed by atoms with van der Waals surface area (Å²) in [6.45, 7) is 5.28. The van der Waals surface area contributed by atoms with Crippen LogP contribution in [0.1, 0.15) is 64.9 Å². The number of carbonyl (C=O) groups is 4. The Morgan fingerprint density at radius 2 is 1.15 bits per heavy atom. The minimum atomic E-state index is -3.13. The van der Waals surface area contributed by atoms with Gasteiger partial charge in [-0.25, -0.2) is 9.59 Å². The van der Waals surface area contributed by atoms with E-state index < -0.39 is 34.8 Å². The van der Waals surface area contributed by atoms with Gasteiger partial charge in [-0.3, -0.25) is 9.59 Å². The number of nitrogens with two attached hydrogens (primary N) is 1. The maximum Gasteiger partial charge on any atom is 0.340 e. The Balaban J connectivity index is 3.78. The molecule has 9 heteroatoms. The van der Waals surface area contributed by atoms with Gasteiger partial charge in [-0.15, -0.1) is 0 Å². The van der Waals surface area contributed by atoms with Crippen LogP contribution in [0.5, 0.6) is 0 Å². The van der Waals surface area contributed by atoms with E-state index in [2.05, 4.69) is 0 Å². The molecule has 1 atom stereocenters. The molecule has 0 heterocycles. The SMILES string of the molecule is CCCCOC(=O)C(C(=O)OCCCC)(c1ccccc1)[C@](N)(C(=O)O)C(=O)OCCCC. The molecule has 1 aromatic carbocycles. The number of ether oxygens (including phenoxy) is 3. The lowest BCUT2D eigenvalue weighted by atomic mass is 9.64. The Bertz CT molecular complexity index is 773. The molecule has 0 aliphatic carbocycles. The summed E-state index contributed by atoms with van der Waals surface area (Å²) in [7, 11) is 0. The zero-order valence-electron chi connectivity index (χ0n) is 19.6. The summed E-state index contributed by atoms with van der Waals surface area (Å²) in [6.07, 6.45) is 3.40.